The van der Waals surface area contributed by atoms with E-state index in [2.05, 4.69) is 42.5 Å². The highest BCUT2D eigenvalue weighted by molar-refractivity contribution is 6.08. The monoisotopic (exact) mass is 412 g/mol. The van der Waals surface area contributed by atoms with Crippen molar-refractivity contribution in [3.63, 3.8) is 0 Å². The minimum absolute atomic E-state index is 0.499. The van der Waals surface area contributed by atoms with Crippen molar-refractivity contribution in [1.82, 2.24) is 9.97 Å². The van der Waals surface area contributed by atoms with E-state index in [-0.39, 0.29) is 0 Å². The molecule has 4 heteroatoms. The van der Waals surface area contributed by atoms with E-state index >= 15 is 0 Å². The standard InChI is InChI=1S/C28H16N2O2/c1-2-9-18-17(7-1)8-5-11-19(18)22-12-6-13-23(29-22)28-30-24-16-26-21(15-27(24)32-28)20-10-3-4-14-25(20)31-26/h1-16H. The van der Waals surface area contributed by atoms with Gasteiger partial charge in [-0.3, -0.25) is 0 Å². The van der Waals surface area contributed by atoms with Crippen molar-refractivity contribution in [2.24, 2.45) is 0 Å². The molecule has 0 fully saturated rings. The topological polar surface area (TPSA) is 52.1 Å². The summed E-state index contributed by atoms with van der Waals surface area (Å²) in [6.45, 7) is 0. The largest absolute Gasteiger partial charge is 0.456 e. The molecule has 4 aromatic carbocycles. The van der Waals surface area contributed by atoms with Crippen LogP contribution in [-0.2, 0) is 0 Å². The van der Waals surface area contributed by atoms with E-state index in [1.165, 1.54) is 10.8 Å². The van der Waals surface area contributed by atoms with Crippen LogP contribution in [0.5, 0.6) is 0 Å². The van der Waals surface area contributed by atoms with Crippen LogP contribution in [0.25, 0.3) is 66.7 Å². The molecule has 0 atom stereocenters. The SMILES string of the molecule is c1cc(-c2nc3cc4oc5ccccc5c4cc3o2)nc(-c2cccc3ccccc23)c1. The van der Waals surface area contributed by atoms with Gasteiger partial charge in [0.05, 0.1) is 5.69 Å². The number of pyridine rings is 1. The Balaban J connectivity index is 1.38. The van der Waals surface area contributed by atoms with Gasteiger partial charge in [-0.1, -0.05) is 66.7 Å². The lowest BCUT2D eigenvalue weighted by molar-refractivity contribution is 0.617. The lowest BCUT2D eigenvalue weighted by atomic mass is 10.0. The summed E-state index contributed by atoms with van der Waals surface area (Å²) < 4.78 is 12.1. The minimum Gasteiger partial charge on any atom is -0.456 e. The molecule has 0 aliphatic carbocycles. The summed E-state index contributed by atoms with van der Waals surface area (Å²) in [5.41, 5.74) is 5.82. The van der Waals surface area contributed by atoms with Gasteiger partial charge in [-0.25, -0.2) is 9.97 Å². The highest BCUT2D eigenvalue weighted by Gasteiger charge is 2.15. The molecule has 0 bridgehead atoms. The van der Waals surface area contributed by atoms with Crippen molar-refractivity contribution < 1.29 is 8.83 Å². The van der Waals surface area contributed by atoms with Crippen LogP contribution in [0.2, 0.25) is 0 Å². The summed E-state index contributed by atoms with van der Waals surface area (Å²) in [6, 6.07) is 32.5. The number of furan rings is 1. The second kappa shape index (κ2) is 6.53. The van der Waals surface area contributed by atoms with Crippen molar-refractivity contribution >= 4 is 43.8 Å². The fraction of sp³-hybridized carbons (Fsp3) is 0. The van der Waals surface area contributed by atoms with Gasteiger partial charge in [-0.05, 0) is 35.0 Å². The van der Waals surface area contributed by atoms with Crippen molar-refractivity contribution in [2.45, 2.75) is 0 Å². The number of benzene rings is 4. The van der Waals surface area contributed by atoms with E-state index in [0.717, 1.165) is 44.3 Å². The molecule has 3 aromatic heterocycles. The third-order valence-corrected chi connectivity index (χ3v) is 5.92. The molecule has 0 amide bonds. The quantitative estimate of drug-likeness (QED) is 0.293. The Morgan fingerprint density at radius 2 is 1.28 bits per heavy atom. The van der Waals surface area contributed by atoms with Crippen LogP contribution in [0, 0.1) is 0 Å². The van der Waals surface area contributed by atoms with Crippen LogP contribution in [0.15, 0.2) is 106 Å². The van der Waals surface area contributed by atoms with Gasteiger partial charge >= 0.3 is 0 Å². The first-order chi connectivity index (χ1) is 15.8. The highest BCUT2D eigenvalue weighted by atomic mass is 16.4. The summed E-state index contributed by atoms with van der Waals surface area (Å²) in [5.74, 6) is 0.499. The summed E-state index contributed by atoms with van der Waals surface area (Å²) in [6.07, 6.45) is 0. The van der Waals surface area contributed by atoms with Crippen LogP contribution < -0.4 is 0 Å². The third kappa shape index (κ3) is 2.56. The maximum atomic E-state index is 6.14. The molecular formula is C28H16N2O2. The average Bonchev–Trinajstić information content (AvgIpc) is 3.43. The molecule has 0 saturated carbocycles. The number of fused-ring (bicyclic) bond motifs is 5. The van der Waals surface area contributed by atoms with E-state index in [1.54, 1.807) is 0 Å². The lowest BCUT2D eigenvalue weighted by Crippen LogP contribution is -1.89. The van der Waals surface area contributed by atoms with Crippen LogP contribution in [0.3, 0.4) is 0 Å². The Morgan fingerprint density at radius 1 is 0.500 bits per heavy atom. The zero-order valence-corrected chi connectivity index (χ0v) is 16.9. The summed E-state index contributed by atoms with van der Waals surface area (Å²) in [5, 5.41) is 4.45. The molecule has 0 radical (unpaired) electrons. The van der Waals surface area contributed by atoms with Crippen LogP contribution in [-0.4, -0.2) is 9.97 Å². The maximum absolute atomic E-state index is 6.14. The Kier molecular flexibility index (Phi) is 3.52. The molecule has 150 valence electrons. The second-order valence-electron chi connectivity index (χ2n) is 7.87. The predicted molar refractivity (Wildman–Crippen MR) is 127 cm³/mol. The molecule has 7 aromatic rings. The molecule has 0 N–H and O–H groups in total. The zero-order valence-electron chi connectivity index (χ0n) is 16.9. The van der Waals surface area contributed by atoms with Crippen molar-refractivity contribution in [3.8, 4) is 22.8 Å². The van der Waals surface area contributed by atoms with Crippen molar-refractivity contribution in [1.29, 1.82) is 0 Å². The molecule has 3 heterocycles. The van der Waals surface area contributed by atoms with Crippen LogP contribution in [0.1, 0.15) is 0 Å². The normalized spacial score (nSPS) is 11.8. The number of oxazole rings is 1. The van der Waals surface area contributed by atoms with E-state index in [1.807, 2.05) is 54.6 Å². The molecule has 0 saturated heterocycles. The Bertz CT molecular complexity index is 1790. The first kappa shape index (κ1) is 17.3. The molecule has 32 heavy (non-hydrogen) atoms. The van der Waals surface area contributed by atoms with E-state index in [4.69, 9.17) is 18.8 Å². The predicted octanol–water partition coefficient (Wildman–Crippen LogP) is 7.61. The van der Waals surface area contributed by atoms with E-state index in [0.29, 0.717) is 11.6 Å². The van der Waals surface area contributed by atoms with Crippen molar-refractivity contribution in [3.05, 3.63) is 97.1 Å². The van der Waals surface area contributed by atoms with Gasteiger partial charge in [-0.2, -0.15) is 0 Å². The molecule has 0 aliphatic rings. The molecule has 0 unspecified atom stereocenters. The number of hydrogen-bond donors (Lipinski definition) is 0. The summed E-state index contributed by atoms with van der Waals surface area (Å²) in [4.78, 5) is 9.60. The van der Waals surface area contributed by atoms with Gasteiger partial charge in [-0.15, -0.1) is 0 Å². The van der Waals surface area contributed by atoms with Crippen LogP contribution >= 0.6 is 0 Å². The van der Waals surface area contributed by atoms with Gasteiger partial charge in [0.15, 0.2) is 5.58 Å². The average molecular weight is 412 g/mol. The first-order valence-electron chi connectivity index (χ1n) is 10.5. The van der Waals surface area contributed by atoms with E-state index < -0.39 is 0 Å². The highest BCUT2D eigenvalue weighted by Crippen LogP contribution is 2.34. The molecular weight excluding hydrogens is 396 g/mol. The number of nitrogens with zero attached hydrogens (tertiary/aromatic N) is 2. The Hall–Kier alpha value is -4.44. The lowest BCUT2D eigenvalue weighted by Gasteiger charge is -2.07. The molecule has 0 spiro atoms. The van der Waals surface area contributed by atoms with Crippen molar-refractivity contribution in [2.75, 3.05) is 0 Å². The molecule has 0 aliphatic heterocycles. The smallest absolute Gasteiger partial charge is 0.246 e. The number of para-hydroxylation sites is 1. The fourth-order valence-corrected chi connectivity index (χ4v) is 4.41. The third-order valence-electron chi connectivity index (χ3n) is 5.92. The number of hydrogen-bond acceptors (Lipinski definition) is 4. The Morgan fingerprint density at radius 3 is 2.25 bits per heavy atom. The van der Waals surface area contributed by atoms with E-state index in [9.17, 15) is 0 Å². The number of aromatic nitrogens is 2. The summed E-state index contributed by atoms with van der Waals surface area (Å²) in [7, 11) is 0. The van der Waals surface area contributed by atoms with Gasteiger partial charge in [0.2, 0.25) is 5.89 Å². The number of rotatable bonds is 2. The van der Waals surface area contributed by atoms with Crippen LogP contribution in [0.4, 0.5) is 0 Å². The Labute approximate surface area is 182 Å². The molecule has 7 rings (SSSR count). The summed E-state index contributed by atoms with van der Waals surface area (Å²) >= 11 is 0. The minimum atomic E-state index is 0.499. The molecule has 4 nitrogen and oxygen atoms in total. The maximum Gasteiger partial charge on any atom is 0.246 e. The van der Waals surface area contributed by atoms with Gasteiger partial charge in [0.25, 0.3) is 0 Å². The second-order valence-corrected chi connectivity index (χ2v) is 7.87. The fourth-order valence-electron chi connectivity index (χ4n) is 4.41. The van der Waals surface area contributed by atoms with Gasteiger partial charge in [0, 0.05) is 22.4 Å². The van der Waals surface area contributed by atoms with Gasteiger partial charge < -0.3 is 8.83 Å². The first-order valence-corrected chi connectivity index (χ1v) is 10.5. The zero-order chi connectivity index (χ0) is 21.1. The van der Waals surface area contributed by atoms with Gasteiger partial charge in [0.1, 0.15) is 22.4 Å².